The van der Waals surface area contributed by atoms with Crippen LogP contribution in [0.2, 0.25) is 0 Å². The van der Waals surface area contributed by atoms with E-state index in [0.29, 0.717) is 19.5 Å². The van der Waals surface area contributed by atoms with E-state index >= 15 is 0 Å². The topological polar surface area (TPSA) is 62.7 Å². The quantitative estimate of drug-likeness (QED) is 0.902. The van der Waals surface area contributed by atoms with Crippen LogP contribution < -0.4 is 0 Å². The zero-order valence-corrected chi connectivity index (χ0v) is 12.5. The molecule has 0 saturated carbocycles. The molecule has 1 N–H and O–H groups in total. The van der Waals surface area contributed by atoms with Crippen molar-refractivity contribution in [2.75, 3.05) is 13.1 Å². The summed E-state index contributed by atoms with van der Waals surface area (Å²) < 4.78 is 6.01. The highest BCUT2D eigenvalue weighted by atomic mass is 16.5. The molecule has 2 heterocycles. The number of hydrogen-bond acceptors (Lipinski definition) is 3. The average Bonchev–Trinajstić information content (AvgIpc) is 2.24. The minimum absolute atomic E-state index is 0.0890. The van der Waals surface area contributed by atoms with Crippen LogP contribution >= 0.6 is 0 Å². The van der Waals surface area contributed by atoms with Crippen LogP contribution in [0, 0.1) is 13.8 Å². The van der Waals surface area contributed by atoms with Gasteiger partial charge in [-0.15, -0.1) is 0 Å². The third-order valence-electron chi connectivity index (χ3n) is 3.48. The molecule has 1 fully saturated rings. The molecule has 0 aromatic carbocycles. The number of aromatic nitrogens is 1. The van der Waals surface area contributed by atoms with E-state index in [-0.39, 0.29) is 6.10 Å². The van der Waals surface area contributed by atoms with Crippen molar-refractivity contribution >= 4 is 6.09 Å². The van der Waals surface area contributed by atoms with Gasteiger partial charge in [0.05, 0.1) is 24.8 Å². The maximum absolute atomic E-state index is 11.2. The first-order chi connectivity index (χ1) is 9.27. The number of hydrogen-bond donors (Lipinski definition) is 1. The highest BCUT2D eigenvalue weighted by Crippen LogP contribution is 2.26. The normalized spacial score (nSPS) is 26.6. The van der Waals surface area contributed by atoms with Gasteiger partial charge in [-0.1, -0.05) is 0 Å². The Bertz CT molecular complexity index is 498. The molecule has 1 aromatic heterocycles. The molecule has 20 heavy (non-hydrogen) atoms. The summed E-state index contributed by atoms with van der Waals surface area (Å²) >= 11 is 0. The van der Waals surface area contributed by atoms with Crippen LogP contribution in [-0.4, -0.2) is 45.9 Å². The Morgan fingerprint density at radius 1 is 1.50 bits per heavy atom. The molecule has 2 atom stereocenters. The molecule has 1 amide bonds. The maximum atomic E-state index is 11.2. The molecule has 1 aromatic rings. The van der Waals surface area contributed by atoms with Crippen molar-refractivity contribution in [3.63, 3.8) is 0 Å². The summed E-state index contributed by atoms with van der Waals surface area (Å²) in [4.78, 5) is 17.0. The van der Waals surface area contributed by atoms with Gasteiger partial charge in [0, 0.05) is 17.8 Å². The fourth-order valence-corrected chi connectivity index (χ4v) is 3.04. The van der Waals surface area contributed by atoms with Gasteiger partial charge in [-0.25, -0.2) is 4.79 Å². The van der Waals surface area contributed by atoms with Crippen LogP contribution in [0.3, 0.4) is 0 Å². The van der Waals surface area contributed by atoms with Crippen molar-refractivity contribution in [1.82, 2.24) is 9.88 Å². The monoisotopic (exact) mass is 278 g/mol. The Hall–Kier alpha value is -1.62. The Morgan fingerprint density at radius 3 is 2.65 bits per heavy atom. The van der Waals surface area contributed by atoms with Gasteiger partial charge in [0.15, 0.2) is 0 Å². The fraction of sp³-hybridized carbons (Fsp3) is 0.600. The summed E-state index contributed by atoms with van der Waals surface area (Å²) in [6, 6.07) is 4.07. The third-order valence-corrected chi connectivity index (χ3v) is 3.48. The van der Waals surface area contributed by atoms with Crippen LogP contribution in [0.5, 0.6) is 0 Å². The largest absolute Gasteiger partial charge is 0.465 e. The second-order valence-electron chi connectivity index (χ2n) is 5.98. The first-order valence-electron chi connectivity index (χ1n) is 6.87. The predicted molar refractivity (Wildman–Crippen MR) is 76.0 cm³/mol. The summed E-state index contributed by atoms with van der Waals surface area (Å²) in [6.45, 7) is 8.64. The molecule has 110 valence electrons. The Morgan fingerprint density at radius 2 is 2.10 bits per heavy atom. The third kappa shape index (κ3) is 3.48. The van der Waals surface area contributed by atoms with E-state index in [1.807, 2.05) is 39.8 Å². The number of rotatable bonds is 2. The molecule has 5 nitrogen and oxygen atoms in total. The number of morpholine rings is 1. The molecular weight excluding hydrogens is 256 g/mol. The van der Waals surface area contributed by atoms with Crippen molar-refractivity contribution in [1.29, 1.82) is 0 Å². The number of nitrogens with zero attached hydrogens (tertiary/aromatic N) is 2. The van der Waals surface area contributed by atoms with Crippen molar-refractivity contribution in [2.24, 2.45) is 0 Å². The molecule has 0 aliphatic carbocycles. The average molecular weight is 278 g/mol. The number of carboxylic acid groups (broad SMARTS) is 1. The number of pyridine rings is 1. The smallest absolute Gasteiger partial charge is 0.407 e. The molecule has 1 aliphatic rings. The second kappa shape index (κ2) is 5.40. The fourth-order valence-electron chi connectivity index (χ4n) is 3.04. The van der Waals surface area contributed by atoms with Gasteiger partial charge in [0.1, 0.15) is 0 Å². The Labute approximate surface area is 119 Å². The van der Waals surface area contributed by atoms with Crippen molar-refractivity contribution < 1.29 is 14.6 Å². The van der Waals surface area contributed by atoms with Crippen molar-refractivity contribution in [3.05, 3.63) is 29.1 Å². The predicted octanol–water partition coefficient (Wildman–Crippen LogP) is 2.40. The van der Waals surface area contributed by atoms with Gasteiger partial charge in [-0.2, -0.15) is 0 Å². The minimum Gasteiger partial charge on any atom is -0.465 e. The Balaban J connectivity index is 2.19. The lowest BCUT2D eigenvalue weighted by atomic mass is 9.93. The van der Waals surface area contributed by atoms with Crippen LogP contribution in [0.1, 0.15) is 30.8 Å². The van der Waals surface area contributed by atoms with Crippen molar-refractivity contribution in [3.8, 4) is 0 Å². The lowest BCUT2D eigenvalue weighted by Crippen LogP contribution is -2.55. The van der Waals surface area contributed by atoms with Gasteiger partial charge in [-0.05, 0) is 45.4 Å². The lowest BCUT2D eigenvalue weighted by molar-refractivity contribution is -0.130. The van der Waals surface area contributed by atoms with E-state index in [4.69, 9.17) is 4.74 Å². The number of ether oxygens (including phenoxy) is 1. The molecule has 0 spiro atoms. The summed E-state index contributed by atoms with van der Waals surface area (Å²) in [7, 11) is 0. The van der Waals surface area contributed by atoms with Gasteiger partial charge in [0.2, 0.25) is 0 Å². The first kappa shape index (κ1) is 14.8. The first-order valence-corrected chi connectivity index (χ1v) is 6.87. The summed E-state index contributed by atoms with van der Waals surface area (Å²) in [5.74, 6) is 0. The Kier molecular flexibility index (Phi) is 3.99. The molecular formula is C15H22N2O3. The van der Waals surface area contributed by atoms with Gasteiger partial charge in [0.25, 0.3) is 0 Å². The molecule has 1 aliphatic heterocycles. The minimum atomic E-state index is -0.881. The van der Waals surface area contributed by atoms with Crippen LogP contribution in [0.15, 0.2) is 12.1 Å². The zero-order valence-electron chi connectivity index (χ0n) is 12.5. The van der Waals surface area contributed by atoms with E-state index in [2.05, 4.69) is 4.98 Å². The number of carbonyl (C=O) groups is 1. The summed E-state index contributed by atoms with van der Waals surface area (Å²) in [5, 5.41) is 9.20. The van der Waals surface area contributed by atoms with Crippen molar-refractivity contribution in [2.45, 2.75) is 45.8 Å². The summed E-state index contributed by atoms with van der Waals surface area (Å²) in [5.41, 5.74) is 2.60. The standard InChI is InChI=1S/C15H22N2O3/c1-10-5-13(6-11(2)16-10)7-15(4)9-17(14(18)19)8-12(3)20-15/h5-6,12H,7-9H2,1-4H3,(H,18,19)/t12-,15+/m0/s1. The molecule has 0 bridgehead atoms. The second-order valence-corrected chi connectivity index (χ2v) is 5.98. The van der Waals surface area contributed by atoms with Gasteiger partial charge < -0.3 is 14.7 Å². The SMILES string of the molecule is Cc1cc(C[C@]2(C)CN(C(=O)O)C[C@H](C)O2)cc(C)n1. The zero-order chi connectivity index (χ0) is 14.9. The van der Waals surface area contributed by atoms with E-state index in [9.17, 15) is 9.90 Å². The molecule has 2 rings (SSSR count). The van der Waals surface area contributed by atoms with E-state index in [0.717, 1.165) is 17.0 Å². The van der Waals surface area contributed by atoms with E-state index in [1.165, 1.54) is 4.90 Å². The highest BCUT2D eigenvalue weighted by Gasteiger charge is 2.37. The number of amides is 1. The number of aryl methyl sites for hydroxylation is 2. The van der Waals surface area contributed by atoms with E-state index in [1.54, 1.807) is 0 Å². The molecule has 0 radical (unpaired) electrons. The van der Waals surface area contributed by atoms with Crippen LogP contribution in [-0.2, 0) is 11.2 Å². The lowest BCUT2D eigenvalue weighted by Gasteiger charge is -2.42. The highest BCUT2D eigenvalue weighted by molar-refractivity contribution is 5.65. The summed E-state index contributed by atoms with van der Waals surface area (Å²) in [6.07, 6.45) is -0.284. The molecule has 0 unspecified atom stereocenters. The van der Waals surface area contributed by atoms with E-state index < -0.39 is 11.7 Å². The van der Waals surface area contributed by atoms with Gasteiger partial charge in [-0.3, -0.25) is 4.98 Å². The van der Waals surface area contributed by atoms with Gasteiger partial charge >= 0.3 is 6.09 Å². The van der Waals surface area contributed by atoms with Crippen LogP contribution in [0.4, 0.5) is 4.79 Å². The van der Waals surface area contributed by atoms with Crippen LogP contribution in [0.25, 0.3) is 0 Å². The molecule has 5 heteroatoms. The maximum Gasteiger partial charge on any atom is 0.407 e. The molecule has 1 saturated heterocycles.